The molecule has 0 N–H and O–H groups in total. The van der Waals surface area contributed by atoms with Crippen LogP contribution in [0.5, 0.6) is 0 Å². The smallest absolute Gasteiger partial charge is 0.133 e. The average molecular weight is 168 g/mol. The van der Waals surface area contributed by atoms with Gasteiger partial charge in [-0.3, -0.25) is 4.79 Å². The SMILES string of the molecule is CCCC1CCC(C)C1C(C)=O. The number of hydrogen-bond donors (Lipinski definition) is 0. The first kappa shape index (κ1) is 9.76. The molecular formula is C11H20O. The van der Waals surface area contributed by atoms with Gasteiger partial charge in [-0.25, -0.2) is 0 Å². The Bertz CT molecular complexity index is 160. The van der Waals surface area contributed by atoms with Crippen molar-refractivity contribution >= 4 is 5.78 Å². The molecule has 1 nitrogen and oxygen atoms in total. The maximum Gasteiger partial charge on any atom is 0.133 e. The predicted molar refractivity (Wildman–Crippen MR) is 51.0 cm³/mol. The van der Waals surface area contributed by atoms with Crippen molar-refractivity contribution in [2.45, 2.75) is 46.5 Å². The second kappa shape index (κ2) is 4.06. The molecule has 0 radical (unpaired) electrons. The van der Waals surface area contributed by atoms with Crippen LogP contribution in [0.1, 0.15) is 46.5 Å². The summed E-state index contributed by atoms with van der Waals surface area (Å²) in [5.74, 6) is 2.13. The van der Waals surface area contributed by atoms with Gasteiger partial charge >= 0.3 is 0 Å². The fourth-order valence-electron chi connectivity index (χ4n) is 2.73. The summed E-state index contributed by atoms with van der Waals surface area (Å²) in [4.78, 5) is 11.3. The standard InChI is InChI=1S/C11H20O/c1-4-5-10-7-6-8(2)11(10)9(3)12/h8,10-11H,4-7H2,1-3H3. The lowest BCUT2D eigenvalue weighted by molar-refractivity contribution is -0.122. The van der Waals surface area contributed by atoms with Crippen molar-refractivity contribution in [3.05, 3.63) is 0 Å². The van der Waals surface area contributed by atoms with Gasteiger partial charge in [0.2, 0.25) is 0 Å². The summed E-state index contributed by atoms with van der Waals surface area (Å²) in [5, 5.41) is 0. The molecule has 0 heterocycles. The summed E-state index contributed by atoms with van der Waals surface area (Å²) in [6.45, 7) is 6.19. The zero-order chi connectivity index (χ0) is 9.14. The summed E-state index contributed by atoms with van der Waals surface area (Å²) in [6.07, 6.45) is 5.00. The van der Waals surface area contributed by atoms with Crippen molar-refractivity contribution in [3.8, 4) is 0 Å². The number of hydrogen-bond acceptors (Lipinski definition) is 1. The molecule has 1 saturated carbocycles. The van der Waals surface area contributed by atoms with E-state index in [1.54, 1.807) is 6.92 Å². The van der Waals surface area contributed by atoms with Crippen molar-refractivity contribution in [3.63, 3.8) is 0 Å². The van der Waals surface area contributed by atoms with Gasteiger partial charge in [0.25, 0.3) is 0 Å². The Morgan fingerprint density at radius 3 is 2.58 bits per heavy atom. The predicted octanol–water partition coefficient (Wildman–Crippen LogP) is 3.04. The highest BCUT2D eigenvalue weighted by Crippen LogP contribution is 2.39. The fraction of sp³-hybridized carbons (Fsp3) is 0.909. The Morgan fingerprint density at radius 2 is 2.08 bits per heavy atom. The van der Waals surface area contributed by atoms with Gasteiger partial charge in [0.1, 0.15) is 5.78 Å². The molecule has 3 atom stereocenters. The average Bonchev–Trinajstić information content (AvgIpc) is 2.32. The van der Waals surface area contributed by atoms with E-state index < -0.39 is 0 Å². The molecule has 3 unspecified atom stereocenters. The molecule has 0 aromatic carbocycles. The van der Waals surface area contributed by atoms with Crippen molar-refractivity contribution < 1.29 is 4.79 Å². The summed E-state index contributed by atoms with van der Waals surface area (Å²) in [5.41, 5.74) is 0. The maximum absolute atomic E-state index is 11.3. The molecule has 1 fully saturated rings. The first-order chi connectivity index (χ1) is 5.66. The van der Waals surface area contributed by atoms with Crippen molar-refractivity contribution in [1.82, 2.24) is 0 Å². The Hall–Kier alpha value is -0.330. The number of carbonyl (C=O) groups is 1. The van der Waals surface area contributed by atoms with Gasteiger partial charge < -0.3 is 0 Å². The lowest BCUT2D eigenvalue weighted by Gasteiger charge is -2.19. The summed E-state index contributed by atoms with van der Waals surface area (Å²) in [6, 6.07) is 0. The molecule has 0 aromatic rings. The Morgan fingerprint density at radius 1 is 1.42 bits per heavy atom. The number of ketones is 1. The van der Waals surface area contributed by atoms with E-state index in [1.807, 2.05) is 0 Å². The van der Waals surface area contributed by atoms with Crippen LogP contribution < -0.4 is 0 Å². The number of carbonyl (C=O) groups excluding carboxylic acids is 1. The highest BCUT2D eigenvalue weighted by Gasteiger charge is 2.35. The molecule has 70 valence electrons. The van der Waals surface area contributed by atoms with Gasteiger partial charge in [-0.2, -0.15) is 0 Å². The minimum atomic E-state index is 0.380. The van der Waals surface area contributed by atoms with Crippen molar-refractivity contribution in [1.29, 1.82) is 0 Å². The third-order valence-corrected chi connectivity index (χ3v) is 3.24. The topological polar surface area (TPSA) is 17.1 Å². The van der Waals surface area contributed by atoms with Gasteiger partial charge in [-0.1, -0.05) is 26.7 Å². The van der Waals surface area contributed by atoms with Crippen LogP contribution >= 0.6 is 0 Å². The van der Waals surface area contributed by atoms with E-state index in [0.29, 0.717) is 23.5 Å². The van der Waals surface area contributed by atoms with Crippen LogP contribution in [0.4, 0.5) is 0 Å². The van der Waals surface area contributed by atoms with Crippen LogP contribution in [-0.4, -0.2) is 5.78 Å². The molecule has 0 amide bonds. The van der Waals surface area contributed by atoms with E-state index in [2.05, 4.69) is 13.8 Å². The van der Waals surface area contributed by atoms with Gasteiger partial charge in [-0.05, 0) is 31.6 Å². The summed E-state index contributed by atoms with van der Waals surface area (Å²) in [7, 11) is 0. The van der Waals surface area contributed by atoms with E-state index in [9.17, 15) is 4.79 Å². The van der Waals surface area contributed by atoms with Crippen LogP contribution in [0.3, 0.4) is 0 Å². The first-order valence-electron chi connectivity index (χ1n) is 5.17. The molecule has 0 aromatic heterocycles. The first-order valence-corrected chi connectivity index (χ1v) is 5.17. The Labute approximate surface area is 75.5 Å². The van der Waals surface area contributed by atoms with Crippen LogP contribution in [-0.2, 0) is 4.79 Å². The summed E-state index contributed by atoms with van der Waals surface area (Å²) >= 11 is 0. The molecule has 0 aliphatic heterocycles. The Balaban J connectivity index is 2.57. The second-order valence-corrected chi connectivity index (χ2v) is 4.24. The second-order valence-electron chi connectivity index (χ2n) is 4.24. The van der Waals surface area contributed by atoms with Crippen LogP contribution in [0, 0.1) is 17.8 Å². The minimum absolute atomic E-state index is 0.380. The molecule has 1 heteroatoms. The monoisotopic (exact) mass is 168 g/mol. The molecule has 1 aliphatic carbocycles. The quantitative estimate of drug-likeness (QED) is 0.633. The number of Topliss-reactive ketones (excluding diaryl/α,β-unsaturated/α-hetero) is 1. The van der Waals surface area contributed by atoms with Gasteiger partial charge in [0.05, 0.1) is 0 Å². The zero-order valence-electron chi connectivity index (χ0n) is 8.47. The third-order valence-electron chi connectivity index (χ3n) is 3.24. The lowest BCUT2D eigenvalue weighted by Crippen LogP contribution is -2.20. The molecule has 1 rings (SSSR count). The van der Waals surface area contributed by atoms with E-state index in [1.165, 1.54) is 25.7 Å². The zero-order valence-corrected chi connectivity index (χ0v) is 8.47. The van der Waals surface area contributed by atoms with Gasteiger partial charge in [0, 0.05) is 5.92 Å². The molecule has 0 bridgehead atoms. The highest BCUT2D eigenvalue weighted by molar-refractivity contribution is 5.79. The van der Waals surface area contributed by atoms with Crippen molar-refractivity contribution in [2.75, 3.05) is 0 Å². The van der Waals surface area contributed by atoms with E-state index in [-0.39, 0.29) is 0 Å². The van der Waals surface area contributed by atoms with Gasteiger partial charge in [-0.15, -0.1) is 0 Å². The van der Waals surface area contributed by atoms with Crippen LogP contribution in [0.15, 0.2) is 0 Å². The van der Waals surface area contributed by atoms with Gasteiger partial charge in [0.15, 0.2) is 0 Å². The molecule has 0 saturated heterocycles. The fourth-order valence-corrected chi connectivity index (χ4v) is 2.73. The van der Waals surface area contributed by atoms with Crippen LogP contribution in [0.2, 0.25) is 0 Å². The minimum Gasteiger partial charge on any atom is -0.300 e. The van der Waals surface area contributed by atoms with Crippen LogP contribution in [0.25, 0.3) is 0 Å². The van der Waals surface area contributed by atoms with E-state index in [0.717, 1.165) is 0 Å². The third kappa shape index (κ3) is 1.88. The van der Waals surface area contributed by atoms with E-state index in [4.69, 9.17) is 0 Å². The van der Waals surface area contributed by atoms with E-state index >= 15 is 0 Å². The Kier molecular flexibility index (Phi) is 3.30. The highest BCUT2D eigenvalue weighted by atomic mass is 16.1. The molecular weight excluding hydrogens is 148 g/mol. The normalized spacial score (nSPS) is 35.4. The maximum atomic E-state index is 11.3. The molecule has 0 spiro atoms. The largest absolute Gasteiger partial charge is 0.300 e. The summed E-state index contributed by atoms with van der Waals surface area (Å²) < 4.78 is 0. The van der Waals surface area contributed by atoms with Crippen molar-refractivity contribution in [2.24, 2.45) is 17.8 Å². The number of rotatable bonds is 3. The lowest BCUT2D eigenvalue weighted by atomic mass is 9.85. The molecule has 1 aliphatic rings. The molecule has 12 heavy (non-hydrogen) atoms.